The van der Waals surface area contributed by atoms with Crippen molar-refractivity contribution in [2.75, 3.05) is 6.61 Å². The molecule has 210 valence electrons. The Balaban J connectivity index is 3.76. The summed E-state index contributed by atoms with van der Waals surface area (Å²) in [6.07, 6.45) is 35.3. The Morgan fingerprint density at radius 3 is 1.14 bits per heavy atom. The minimum Gasteiger partial charge on any atom is -0.465 e. The van der Waals surface area contributed by atoms with E-state index in [0.29, 0.717) is 18.9 Å². The number of ether oxygens (including phenoxy) is 1. The molecular formula is C33H66O2. The zero-order chi connectivity index (χ0) is 25.7. The predicted molar refractivity (Wildman–Crippen MR) is 156 cm³/mol. The first-order valence-corrected chi connectivity index (χ1v) is 16.4. The molecule has 0 aliphatic carbocycles. The van der Waals surface area contributed by atoms with E-state index in [2.05, 4.69) is 20.8 Å². The van der Waals surface area contributed by atoms with Gasteiger partial charge in [-0.2, -0.15) is 0 Å². The van der Waals surface area contributed by atoms with Gasteiger partial charge in [0, 0.05) is 6.42 Å². The van der Waals surface area contributed by atoms with Gasteiger partial charge in [-0.05, 0) is 25.2 Å². The summed E-state index contributed by atoms with van der Waals surface area (Å²) in [5.74, 6) is 0.630. The van der Waals surface area contributed by atoms with Crippen LogP contribution in [0.3, 0.4) is 0 Å². The molecule has 0 aliphatic heterocycles. The number of rotatable bonds is 29. The number of carbonyl (C=O) groups is 1. The quantitative estimate of drug-likeness (QED) is 0.0763. The van der Waals surface area contributed by atoms with Crippen LogP contribution >= 0.6 is 0 Å². The van der Waals surface area contributed by atoms with Crippen LogP contribution in [0.15, 0.2) is 0 Å². The molecular weight excluding hydrogens is 428 g/mol. The van der Waals surface area contributed by atoms with Crippen LogP contribution in [-0.4, -0.2) is 12.6 Å². The maximum atomic E-state index is 12.3. The van der Waals surface area contributed by atoms with Crippen molar-refractivity contribution in [3.8, 4) is 0 Å². The molecule has 2 nitrogen and oxygen atoms in total. The van der Waals surface area contributed by atoms with Gasteiger partial charge in [-0.3, -0.25) is 4.79 Å². The summed E-state index contributed by atoms with van der Waals surface area (Å²) in [6.45, 7) is 7.51. The highest BCUT2D eigenvalue weighted by Crippen LogP contribution is 2.20. The number of hydrogen-bond donors (Lipinski definition) is 0. The summed E-state index contributed by atoms with van der Waals surface area (Å²) in [4.78, 5) is 12.3. The van der Waals surface area contributed by atoms with E-state index in [1.807, 2.05) is 0 Å². The molecule has 0 aromatic heterocycles. The molecule has 0 N–H and O–H groups in total. The highest BCUT2D eigenvalue weighted by molar-refractivity contribution is 5.69. The first-order valence-electron chi connectivity index (χ1n) is 16.4. The largest absolute Gasteiger partial charge is 0.465 e. The van der Waals surface area contributed by atoms with Crippen LogP contribution in [0.1, 0.15) is 194 Å². The molecule has 0 aliphatic rings. The predicted octanol–water partition coefficient (Wildman–Crippen LogP) is 11.7. The van der Waals surface area contributed by atoms with Gasteiger partial charge in [0.05, 0.1) is 6.61 Å². The first-order chi connectivity index (χ1) is 17.2. The van der Waals surface area contributed by atoms with Gasteiger partial charge < -0.3 is 4.74 Å². The van der Waals surface area contributed by atoms with Gasteiger partial charge in [-0.25, -0.2) is 0 Å². The van der Waals surface area contributed by atoms with Crippen LogP contribution < -0.4 is 0 Å². The third-order valence-electron chi connectivity index (χ3n) is 7.65. The lowest BCUT2D eigenvalue weighted by molar-refractivity contribution is -0.145. The van der Waals surface area contributed by atoms with Crippen LogP contribution in [0.4, 0.5) is 0 Å². The van der Waals surface area contributed by atoms with Crippen molar-refractivity contribution in [2.24, 2.45) is 5.92 Å². The van der Waals surface area contributed by atoms with Crippen molar-refractivity contribution in [1.29, 1.82) is 0 Å². The summed E-state index contributed by atoms with van der Waals surface area (Å²) < 4.78 is 5.75. The Labute approximate surface area is 222 Å². The van der Waals surface area contributed by atoms with Gasteiger partial charge in [-0.15, -0.1) is 0 Å². The average Bonchev–Trinajstić information content (AvgIpc) is 2.86. The standard InChI is InChI=1S/C33H66O2/c1-4-7-10-13-15-16-17-18-19-20-21-24-27-30-33(34)35-31-32(28-25-22-12-9-6-3)29-26-23-14-11-8-5-2/h32H,4-31H2,1-3H3. The lowest BCUT2D eigenvalue weighted by atomic mass is 9.95. The van der Waals surface area contributed by atoms with Crippen molar-refractivity contribution in [3.05, 3.63) is 0 Å². The molecule has 1 unspecified atom stereocenters. The normalized spacial score (nSPS) is 12.2. The second-order valence-electron chi connectivity index (χ2n) is 11.3. The molecule has 0 saturated heterocycles. The molecule has 0 aromatic rings. The Hall–Kier alpha value is -0.530. The van der Waals surface area contributed by atoms with Crippen molar-refractivity contribution < 1.29 is 9.53 Å². The highest BCUT2D eigenvalue weighted by Gasteiger charge is 2.12. The minimum atomic E-state index is 0.0481. The first kappa shape index (κ1) is 34.5. The second-order valence-corrected chi connectivity index (χ2v) is 11.3. The third-order valence-corrected chi connectivity index (χ3v) is 7.65. The smallest absolute Gasteiger partial charge is 0.305 e. The topological polar surface area (TPSA) is 26.3 Å². The number of unbranched alkanes of at least 4 members (excludes halogenated alkanes) is 21. The number of hydrogen-bond acceptors (Lipinski definition) is 2. The molecule has 0 heterocycles. The lowest BCUT2D eigenvalue weighted by Gasteiger charge is -2.17. The second kappa shape index (κ2) is 29.7. The van der Waals surface area contributed by atoms with Crippen molar-refractivity contribution in [1.82, 2.24) is 0 Å². The summed E-state index contributed by atoms with van der Waals surface area (Å²) in [6, 6.07) is 0. The van der Waals surface area contributed by atoms with E-state index < -0.39 is 0 Å². The summed E-state index contributed by atoms with van der Waals surface area (Å²) >= 11 is 0. The molecule has 1 atom stereocenters. The SMILES string of the molecule is CCCCCCCCCCCCCCCC(=O)OCC(CCCCCCC)CCCCCCCC. The zero-order valence-corrected chi connectivity index (χ0v) is 24.7. The zero-order valence-electron chi connectivity index (χ0n) is 24.7. The van der Waals surface area contributed by atoms with Crippen molar-refractivity contribution in [3.63, 3.8) is 0 Å². The molecule has 0 bridgehead atoms. The van der Waals surface area contributed by atoms with Crippen LogP contribution in [0.5, 0.6) is 0 Å². The minimum absolute atomic E-state index is 0.0481. The maximum absolute atomic E-state index is 12.3. The fraction of sp³-hybridized carbons (Fsp3) is 0.970. The number of esters is 1. The van der Waals surface area contributed by atoms with E-state index in [0.717, 1.165) is 6.42 Å². The fourth-order valence-corrected chi connectivity index (χ4v) is 5.13. The van der Waals surface area contributed by atoms with Crippen LogP contribution in [0, 0.1) is 5.92 Å². The molecule has 0 amide bonds. The lowest BCUT2D eigenvalue weighted by Crippen LogP contribution is -2.14. The van der Waals surface area contributed by atoms with Gasteiger partial charge in [-0.1, -0.05) is 168 Å². The molecule has 0 aromatic carbocycles. The van der Waals surface area contributed by atoms with E-state index in [-0.39, 0.29) is 5.97 Å². The molecule has 0 radical (unpaired) electrons. The van der Waals surface area contributed by atoms with Gasteiger partial charge in [0.25, 0.3) is 0 Å². The van der Waals surface area contributed by atoms with E-state index in [9.17, 15) is 4.79 Å². The van der Waals surface area contributed by atoms with Crippen LogP contribution in [0.25, 0.3) is 0 Å². The Morgan fingerprint density at radius 1 is 0.457 bits per heavy atom. The van der Waals surface area contributed by atoms with Crippen molar-refractivity contribution in [2.45, 2.75) is 194 Å². The van der Waals surface area contributed by atoms with E-state index in [1.54, 1.807) is 0 Å². The molecule has 0 fully saturated rings. The average molecular weight is 495 g/mol. The van der Waals surface area contributed by atoms with E-state index in [4.69, 9.17) is 4.74 Å². The fourth-order valence-electron chi connectivity index (χ4n) is 5.13. The van der Waals surface area contributed by atoms with Gasteiger partial charge in [0.1, 0.15) is 0 Å². The molecule has 0 spiro atoms. The van der Waals surface area contributed by atoms with E-state index >= 15 is 0 Å². The molecule has 0 saturated carbocycles. The highest BCUT2D eigenvalue weighted by atomic mass is 16.5. The summed E-state index contributed by atoms with van der Waals surface area (Å²) in [7, 11) is 0. The third kappa shape index (κ3) is 27.9. The Morgan fingerprint density at radius 2 is 0.771 bits per heavy atom. The summed E-state index contributed by atoms with van der Waals surface area (Å²) in [5, 5.41) is 0. The van der Waals surface area contributed by atoms with Gasteiger partial charge in [0.15, 0.2) is 0 Å². The summed E-state index contributed by atoms with van der Waals surface area (Å²) in [5.41, 5.74) is 0. The monoisotopic (exact) mass is 495 g/mol. The maximum Gasteiger partial charge on any atom is 0.305 e. The van der Waals surface area contributed by atoms with E-state index in [1.165, 1.54) is 161 Å². The number of carbonyl (C=O) groups excluding carboxylic acids is 1. The Kier molecular flexibility index (Phi) is 29.2. The molecule has 0 rings (SSSR count). The van der Waals surface area contributed by atoms with Crippen LogP contribution in [-0.2, 0) is 9.53 Å². The van der Waals surface area contributed by atoms with Crippen molar-refractivity contribution >= 4 is 5.97 Å². The van der Waals surface area contributed by atoms with Crippen LogP contribution in [0.2, 0.25) is 0 Å². The van der Waals surface area contributed by atoms with Gasteiger partial charge >= 0.3 is 5.97 Å². The molecule has 2 heteroatoms. The van der Waals surface area contributed by atoms with Gasteiger partial charge in [0.2, 0.25) is 0 Å². The molecule has 35 heavy (non-hydrogen) atoms. The Bertz CT molecular complexity index is 406.